The van der Waals surface area contributed by atoms with E-state index in [1.807, 2.05) is 63.4 Å². The Hall–Kier alpha value is -2.27. The lowest BCUT2D eigenvalue weighted by Gasteiger charge is -2.14. The lowest BCUT2D eigenvalue weighted by atomic mass is 10.2. The molecule has 0 aliphatic heterocycles. The SMILES string of the molecule is Brc1c[nH]c2ccc(OCc3ccccc3)cc12.CC(C)(C)OC=O. The van der Waals surface area contributed by atoms with Crippen LogP contribution in [-0.2, 0) is 16.1 Å². The summed E-state index contributed by atoms with van der Waals surface area (Å²) in [4.78, 5) is 12.8. The molecule has 5 heteroatoms. The third-order valence-electron chi connectivity index (χ3n) is 3.25. The largest absolute Gasteiger partial charge is 0.489 e. The third kappa shape index (κ3) is 6.27. The highest BCUT2D eigenvalue weighted by Crippen LogP contribution is 2.27. The standard InChI is InChI=1S/C15H12BrNO.C5H10O2/c16-14-9-17-15-7-6-12(8-13(14)15)18-10-11-4-2-1-3-5-11;1-5(2,3)7-4-6/h1-9,17H,10H2;4H,1-3H3. The molecule has 0 unspecified atom stereocenters. The number of halogens is 1. The van der Waals surface area contributed by atoms with Crippen LogP contribution in [0.15, 0.2) is 59.2 Å². The van der Waals surface area contributed by atoms with Crippen molar-refractivity contribution in [2.45, 2.75) is 33.0 Å². The molecule has 0 bridgehead atoms. The summed E-state index contributed by atoms with van der Waals surface area (Å²) in [5, 5.41) is 1.14. The zero-order chi connectivity index (χ0) is 18.3. The van der Waals surface area contributed by atoms with E-state index >= 15 is 0 Å². The number of H-pyrrole nitrogens is 1. The van der Waals surface area contributed by atoms with Gasteiger partial charge in [0.15, 0.2) is 0 Å². The van der Waals surface area contributed by atoms with Gasteiger partial charge >= 0.3 is 0 Å². The number of carbonyl (C=O) groups excluding carboxylic acids is 1. The molecule has 0 radical (unpaired) electrons. The van der Waals surface area contributed by atoms with Gasteiger partial charge in [-0.1, -0.05) is 30.3 Å². The second kappa shape index (κ2) is 8.72. The molecule has 3 aromatic rings. The number of fused-ring (bicyclic) bond motifs is 1. The molecule has 2 aromatic carbocycles. The molecule has 0 saturated carbocycles. The molecular formula is C20H22BrNO3. The smallest absolute Gasteiger partial charge is 0.293 e. The fraction of sp³-hybridized carbons (Fsp3) is 0.250. The number of aromatic nitrogens is 1. The molecule has 132 valence electrons. The van der Waals surface area contributed by atoms with E-state index < -0.39 is 0 Å². The molecule has 0 aliphatic rings. The van der Waals surface area contributed by atoms with E-state index in [-0.39, 0.29) is 5.60 Å². The van der Waals surface area contributed by atoms with Crippen LogP contribution in [-0.4, -0.2) is 17.1 Å². The maximum Gasteiger partial charge on any atom is 0.293 e. The highest BCUT2D eigenvalue weighted by molar-refractivity contribution is 9.10. The Kier molecular flexibility index (Phi) is 6.65. The predicted molar refractivity (Wildman–Crippen MR) is 104 cm³/mol. The van der Waals surface area contributed by atoms with E-state index in [2.05, 4.69) is 37.8 Å². The van der Waals surface area contributed by atoms with Crippen molar-refractivity contribution >= 4 is 33.3 Å². The van der Waals surface area contributed by atoms with Gasteiger partial charge in [-0.2, -0.15) is 0 Å². The number of ether oxygens (including phenoxy) is 2. The molecule has 0 saturated heterocycles. The Labute approximate surface area is 156 Å². The summed E-state index contributed by atoms with van der Waals surface area (Å²) >= 11 is 3.51. The molecular weight excluding hydrogens is 382 g/mol. The zero-order valence-corrected chi connectivity index (χ0v) is 16.2. The van der Waals surface area contributed by atoms with Crippen LogP contribution in [0.1, 0.15) is 26.3 Å². The number of hydrogen-bond donors (Lipinski definition) is 1. The van der Waals surface area contributed by atoms with Gasteiger partial charge in [0.2, 0.25) is 0 Å². The van der Waals surface area contributed by atoms with Gasteiger partial charge in [0.05, 0.1) is 0 Å². The second-order valence-corrected chi connectivity index (χ2v) is 7.30. The summed E-state index contributed by atoms with van der Waals surface area (Å²) in [6.07, 6.45) is 1.94. The number of carbonyl (C=O) groups is 1. The van der Waals surface area contributed by atoms with E-state index in [0.29, 0.717) is 13.1 Å². The first-order valence-electron chi connectivity index (χ1n) is 7.94. The first kappa shape index (κ1) is 19.1. The van der Waals surface area contributed by atoms with Gasteiger partial charge in [-0.15, -0.1) is 0 Å². The fourth-order valence-electron chi connectivity index (χ4n) is 2.04. The lowest BCUT2D eigenvalue weighted by Crippen LogP contribution is -2.17. The van der Waals surface area contributed by atoms with Gasteiger partial charge in [0, 0.05) is 21.6 Å². The van der Waals surface area contributed by atoms with Crippen molar-refractivity contribution in [3.63, 3.8) is 0 Å². The van der Waals surface area contributed by atoms with Crippen LogP contribution in [0.4, 0.5) is 0 Å². The van der Waals surface area contributed by atoms with Crippen LogP contribution in [0.25, 0.3) is 10.9 Å². The first-order chi connectivity index (χ1) is 11.9. The zero-order valence-electron chi connectivity index (χ0n) is 14.6. The number of benzene rings is 2. The summed E-state index contributed by atoms with van der Waals surface area (Å²) in [5.74, 6) is 0.881. The van der Waals surface area contributed by atoms with E-state index in [1.165, 1.54) is 5.56 Å². The van der Waals surface area contributed by atoms with Crippen molar-refractivity contribution in [3.8, 4) is 5.75 Å². The van der Waals surface area contributed by atoms with E-state index in [4.69, 9.17) is 4.74 Å². The Morgan fingerprint density at radius 1 is 1.12 bits per heavy atom. The highest BCUT2D eigenvalue weighted by atomic mass is 79.9. The molecule has 0 fully saturated rings. The van der Waals surface area contributed by atoms with Crippen LogP contribution < -0.4 is 4.74 Å². The average molecular weight is 404 g/mol. The molecule has 4 nitrogen and oxygen atoms in total. The number of rotatable bonds is 4. The number of hydrogen-bond acceptors (Lipinski definition) is 3. The van der Waals surface area contributed by atoms with Gasteiger partial charge in [0.1, 0.15) is 18.0 Å². The van der Waals surface area contributed by atoms with Gasteiger partial charge in [-0.05, 0) is 60.5 Å². The highest BCUT2D eigenvalue weighted by Gasteiger charge is 2.07. The molecule has 0 aliphatic carbocycles. The Morgan fingerprint density at radius 3 is 2.44 bits per heavy atom. The van der Waals surface area contributed by atoms with E-state index in [0.717, 1.165) is 21.1 Å². The molecule has 0 spiro atoms. The molecule has 1 heterocycles. The number of nitrogens with one attached hydrogen (secondary N) is 1. The second-order valence-electron chi connectivity index (χ2n) is 6.44. The Morgan fingerprint density at radius 2 is 1.84 bits per heavy atom. The summed E-state index contributed by atoms with van der Waals surface area (Å²) in [7, 11) is 0. The molecule has 1 N–H and O–H groups in total. The van der Waals surface area contributed by atoms with Crippen molar-refractivity contribution < 1.29 is 14.3 Å². The molecule has 0 amide bonds. The summed E-state index contributed by atoms with van der Waals surface area (Å²) < 4.78 is 11.4. The van der Waals surface area contributed by atoms with Crippen LogP contribution in [0.5, 0.6) is 5.75 Å². The maximum absolute atomic E-state index is 9.60. The van der Waals surface area contributed by atoms with Gasteiger partial charge < -0.3 is 14.5 Å². The Balaban J connectivity index is 0.000000277. The lowest BCUT2D eigenvalue weighted by molar-refractivity contribution is -0.138. The van der Waals surface area contributed by atoms with Crippen LogP contribution in [0, 0.1) is 0 Å². The van der Waals surface area contributed by atoms with E-state index in [9.17, 15) is 4.79 Å². The summed E-state index contributed by atoms with van der Waals surface area (Å²) in [6.45, 7) is 6.51. The number of aromatic amines is 1. The minimum atomic E-state index is -0.318. The predicted octanol–water partition coefficient (Wildman–Crippen LogP) is 5.47. The van der Waals surface area contributed by atoms with Crippen molar-refractivity contribution in [1.82, 2.24) is 4.98 Å². The van der Waals surface area contributed by atoms with Crippen molar-refractivity contribution in [2.75, 3.05) is 0 Å². The van der Waals surface area contributed by atoms with Crippen molar-refractivity contribution in [2.24, 2.45) is 0 Å². The maximum atomic E-state index is 9.60. The minimum absolute atomic E-state index is 0.318. The average Bonchev–Trinajstić information content (AvgIpc) is 2.94. The monoisotopic (exact) mass is 403 g/mol. The minimum Gasteiger partial charge on any atom is -0.489 e. The van der Waals surface area contributed by atoms with Crippen molar-refractivity contribution in [1.29, 1.82) is 0 Å². The summed E-state index contributed by atoms with van der Waals surface area (Å²) in [6, 6.07) is 16.2. The Bertz CT molecular complexity index is 807. The summed E-state index contributed by atoms with van der Waals surface area (Å²) in [5.41, 5.74) is 1.96. The molecule has 0 atom stereocenters. The topological polar surface area (TPSA) is 51.3 Å². The quantitative estimate of drug-likeness (QED) is 0.587. The van der Waals surface area contributed by atoms with Crippen LogP contribution in [0.3, 0.4) is 0 Å². The van der Waals surface area contributed by atoms with Crippen LogP contribution >= 0.6 is 15.9 Å². The van der Waals surface area contributed by atoms with E-state index in [1.54, 1.807) is 0 Å². The molecule has 3 rings (SSSR count). The van der Waals surface area contributed by atoms with Crippen LogP contribution in [0.2, 0.25) is 0 Å². The molecule has 1 aromatic heterocycles. The van der Waals surface area contributed by atoms with Gasteiger partial charge in [-0.3, -0.25) is 4.79 Å². The normalized spacial score (nSPS) is 10.7. The third-order valence-corrected chi connectivity index (χ3v) is 3.91. The fourth-order valence-corrected chi connectivity index (χ4v) is 2.48. The molecule has 25 heavy (non-hydrogen) atoms. The first-order valence-corrected chi connectivity index (χ1v) is 8.73. The van der Waals surface area contributed by atoms with Gasteiger partial charge in [0.25, 0.3) is 6.47 Å². The van der Waals surface area contributed by atoms with Crippen molar-refractivity contribution in [3.05, 3.63) is 64.8 Å². The van der Waals surface area contributed by atoms with Gasteiger partial charge in [-0.25, -0.2) is 0 Å².